The third kappa shape index (κ3) is 3.51. The van der Waals surface area contributed by atoms with Crippen LogP contribution in [0.15, 0.2) is 60.7 Å². The zero-order chi connectivity index (χ0) is 16.1. The third-order valence-corrected chi connectivity index (χ3v) is 3.89. The first-order chi connectivity index (χ1) is 11.3. The fraction of sp³-hybridized carbons (Fsp3) is 0.158. The Hall–Kier alpha value is -2.39. The van der Waals surface area contributed by atoms with E-state index in [2.05, 4.69) is 10.3 Å². The van der Waals surface area contributed by atoms with Crippen molar-refractivity contribution in [1.82, 2.24) is 10.3 Å². The van der Waals surface area contributed by atoms with Gasteiger partial charge in [-0.25, -0.2) is 4.98 Å². The second-order valence-electron chi connectivity index (χ2n) is 5.24. The maximum atomic E-state index is 12.5. The maximum Gasteiger partial charge on any atom is 0.252 e. The average Bonchev–Trinajstić information content (AvgIpc) is 2.61. The van der Waals surface area contributed by atoms with E-state index in [1.807, 2.05) is 60.7 Å². The Kier molecular flexibility index (Phi) is 4.89. The van der Waals surface area contributed by atoms with Crippen LogP contribution in [0.1, 0.15) is 16.8 Å². The Morgan fingerprint density at radius 1 is 1.04 bits per heavy atom. The number of fused-ring (bicyclic) bond motifs is 1. The zero-order valence-electron chi connectivity index (χ0n) is 12.6. The molecule has 0 atom stereocenters. The van der Waals surface area contributed by atoms with Crippen molar-refractivity contribution in [2.75, 3.05) is 12.4 Å². The van der Waals surface area contributed by atoms with E-state index in [0.717, 1.165) is 28.6 Å². The number of aromatic nitrogens is 1. The number of rotatable bonds is 5. The lowest BCUT2D eigenvalue weighted by Crippen LogP contribution is -2.25. The van der Waals surface area contributed by atoms with Crippen molar-refractivity contribution in [3.05, 3.63) is 66.2 Å². The van der Waals surface area contributed by atoms with Gasteiger partial charge in [0.25, 0.3) is 5.91 Å². The highest BCUT2D eigenvalue weighted by atomic mass is 35.5. The van der Waals surface area contributed by atoms with Crippen molar-refractivity contribution >= 4 is 28.4 Å². The van der Waals surface area contributed by atoms with E-state index < -0.39 is 0 Å². The minimum absolute atomic E-state index is 0.0918. The van der Waals surface area contributed by atoms with E-state index in [4.69, 9.17) is 11.6 Å². The molecule has 1 aromatic heterocycles. The van der Waals surface area contributed by atoms with Gasteiger partial charge in [0.15, 0.2) is 0 Å². The highest BCUT2D eigenvalue weighted by Gasteiger charge is 2.13. The van der Waals surface area contributed by atoms with Gasteiger partial charge in [0.05, 0.1) is 16.8 Å². The number of carbonyl (C=O) groups excluding carboxylic acids is 1. The van der Waals surface area contributed by atoms with Gasteiger partial charge >= 0.3 is 0 Å². The molecular formula is C19H17ClN2O. The first kappa shape index (κ1) is 15.5. The molecule has 0 aliphatic carbocycles. The van der Waals surface area contributed by atoms with Crippen LogP contribution >= 0.6 is 11.6 Å². The highest BCUT2D eigenvalue weighted by molar-refractivity contribution is 6.17. The predicted octanol–water partition coefficient (Wildman–Crippen LogP) is 4.26. The number of nitrogens with one attached hydrogen (secondary N) is 1. The minimum atomic E-state index is -0.0918. The topological polar surface area (TPSA) is 42.0 Å². The van der Waals surface area contributed by atoms with Crippen molar-refractivity contribution < 1.29 is 4.79 Å². The molecular weight excluding hydrogens is 308 g/mol. The standard InChI is InChI=1S/C19H17ClN2O/c20-11-6-12-21-19(23)16-13-18(14-7-2-1-3-8-14)22-17-10-5-4-9-15(16)17/h1-5,7-10,13H,6,11-12H2,(H,21,23). The summed E-state index contributed by atoms with van der Waals surface area (Å²) in [5, 5.41) is 3.78. The number of pyridine rings is 1. The molecule has 0 radical (unpaired) electrons. The molecule has 4 heteroatoms. The normalized spacial score (nSPS) is 10.7. The molecule has 2 aromatic carbocycles. The number of hydrogen-bond donors (Lipinski definition) is 1. The molecule has 1 heterocycles. The lowest BCUT2D eigenvalue weighted by Gasteiger charge is -2.10. The van der Waals surface area contributed by atoms with Gasteiger partial charge in [-0.1, -0.05) is 48.5 Å². The molecule has 0 unspecified atom stereocenters. The van der Waals surface area contributed by atoms with Crippen LogP contribution in [-0.4, -0.2) is 23.3 Å². The van der Waals surface area contributed by atoms with Crippen molar-refractivity contribution in [2.24, 2.45) is 0 Å². The number of nitrogens with zero attached hydrogens (tertiary/aromatic N) is 1. The average molecular weight is 325 g/mol. The molecule has 0 saturated carbocycles. The molecule has 23 heavy (non-hydrogen) atoms. The van der Waals surface area contributed by atoms with Crippen LogP contribution < -0.4 is 5.32 Å². The molecule has 1 N–H and O–H groups in total. The summed E-state index contributed by atoms with van der Waals surface area (Å²) in [6, 6.07) is 19.4. The first-order valence-corrected chi connectivity index (χ1v) is 8.12. The van der Waals surface area contributed by atoms with E-state index in [9.17, 15) is 4.79 Å². The first-order valence-electron chi connectivity index (χ1n) is 7.59. The summed E-state index contributed by atoms with van der Waals surface area (Å²) in [5.74, 6) is 0.443. The summed E-state index contributed by atoms with van der Waals surface area (Å²) in [4.78, 5) is 17.2. The van der Waals surface area contributed by atoms with Crippen LogP contribution in [0.3, 0.4) is 0 Å². The predicted molar refractivity (Wildman–Crippen MR) is 94.8 cm³/mol. The number of halogens is 1. The van der Waals surface area contributed by atoms with Crippen molar-refractivity contribution in [3.8, 4) is 11.3 Å². The number of hydrogen-bond acceptors (Lipinski definition) is 2. The Morgan fingerprint density at radius 2 is 1.78 bits per heavy atom. The fourth-order valence-electron chi connectivity index (χ4n) is 2.48. The summed E-state index contributed by atoms with van der Waals surface area (Å²) in [6.07, 6.45) is 0.752. The van der Waals surface area contributed by atoms with Crippen LogP contribution in [0, 0.1) is 0 Å². The third-order valence-electron chi connectivity index (χ3n) is 3.63. The van der Waals surface area contributed by atoms with Gasteiger partial charge in [0.1, 0.15) is 0 Å². The molecule has 3 rings (SSSR count). The molecule has 0 saturated heterocycles. The Balaban J connectivity index is 2.06. The molecule has 1 amide bonds. The second kappa shape index (κ2) is 7.25. The number of para-hydroxylation sites is 1. The van der Waals surface area contributed by atoms with Crippen LogP contribution in [-0.2, 0) is 0 Å². The Bertz CT molecular complexity index is 818. The number of alkyl halides is 1. The van der Waals surface area contributed by atoms with Gasteiger partial charge in [-0.15, -0.1) is 11.6 Å². The minimum Gasteiger partial charge on any atom is -0.352 e. The SMILES string of the molecule is O=C(NCCCCl)c1cc(-c2ccccc2)nc2ccccc12. The van der Waals surface area contributed by atoms with E-state index >= 15 is 0 Å². The Morgan fingerprint density at radius 3 is 2.57 bits per heavy atom. The monoisotopic (exact) mass is 324 g/mol. The second-order valence-corrected chi connectivity index (χ2v) is 5.61. The van der Waals surface area contributed by atoms with Crippen molar-refractivity contribution in [3.63, 3.8) is 0 Å². The number of carbonyl (C=O) groups is 1. The van der Waals surface area contributed by atoms with E-state index in [0.29, 0.717) is 18.0 Å². The number of amides is 1. The molecule has 0 aliphatic rings. The molecule has 0 fully saturated rings. The largest absolute Gasteiger partial charge is 0.352 e. The maximum absolute atomic E-state index is 12.5. The fourth-order valence-corrected chi connectivity index (χ4v) is 2.62. The summed E-state index contributed by atoms with van der Waals surface area (Å²) in [6.45, 7) is 0.569. The van der Waals surface area contributed by atoms with Gasteiger partial charge in [-0.2, -0.15) is 0 Å². The molecule has 0 bridgehead atoms. The lowest BCUT2D eigenvalue weighted by atomic mass is 10.0. The van der Waals surface area contributed by atoms with Crippen LogP contribution in [0.25, 0.3) is 22.2 Å². The van der Waals surface area contributed by atoms with E-state index in [-0.39, 0.29) is 5.91 Å². The summed E-state index contributed by atoms with van der Waals surface area (Å²) >= 11 is 5.67. The number of benzene rings is 2. The van der Waals surface area contributed by atoms with Crippen LogP contribution in [0.4, 0.5) is 0 Å². The zero-order valence-corrected chi connectivity index (χ0v) is 13.4. The van der Waals surface area contributed by atoms with Gasteiger partial charge in [0.2, 0.25) is 0 Å². The molecule has 0 spiro atoms. The van der Waals surface area contributed by atoms with Gasteiger partial charge < -0.3 is 5.32 Å². The summed E-state index contributed by atoms with van der Waals surface area (Å²) in [5.41, 5.74) is 3.25. The molecule has 0 aliphatic heterocycles. The van der Waals surface area contributed by atoms with Crippen LogP contribution in [0.2, 0.25) is 0 Å². The molecule has 116 valence electrons. The highest BCUT2D eigenvalue weighted by Crippen LogP contribution is 2.24. The van der Waals surface area contributed by atoms with Gasteiger partial charge in [-0.05, 0) is 18.6 Å². The van der Waals surface area contributed by atoms with Crippen molar-refractivity contribution in [2.45, 2.75) is 6.42 Å². The molecule has 3 aromatic rings. The molecule has 3 nitrogen and oxygen atoms in total. The van der Waals surface area contributed by atoms with E-state index in [1.165, 1.54) is 0 Å². The Labute approximate surface area is 140 Å². The van der Waals surface area contributed by atoms with Crippen LogP contribution in [0.5, 0.6) is 0 Å². The smallest absolute Gasteiger partial charge is 0.252 e. The van der Waals surface area contributed by atoms with Crippen molar-refractivity contribution in [1.29, 1.82) is 0 Å². The van der Waals surface area contributed by atoms with Gasteiger partial charge in [-0.3, -0.25) is 4.79 Å². The van der Waals surface area contributed by atoms with E-state index in [1.54, 1.807) is 0 Å². The lowest BCUT2D eigenvalue weighted by molar-refractivity contribution is 0.0955. The summed E-state index contributed by atoms with van der Waals surface area (Å²) < 4.78 is 0. The summed E-state index contributed by atoms with van der Waals surface area (Å²) in [7, 11) is 0. The quantitative estimate of drug-likeness (QED) is 0.563. The van der Waals surface area contributed by atoms with Gasteiger partial charge in [0, 0.05) is 23.4 Å².